The lowest BCUT2D eigenvalue weighted by atomic mass is 10.2. The monoisotopic (exact) mass is 307 g/mol. The van der Waals surface area contributed by atoms with Crippen LogP contribution in [0.15, 0.2) is 36.4 Å². The molecule has 0 spiro atoms. The number of carbonyl (C=O) groups is 1. The number of benzene rings is 1. The van der Waals surface area contributed by atoms with Crippen LogP contribution in [0.1, 0.15) is 10.5 Å². The molecule has 3 aromatic rings. The van der Waals surface area contributed by atoms with Gasteiger partial charge in [-0.25, -0.2) is 14.3 Å². The predicted octanol–water partition coefficient (Wildman–Crippen LogP) is 3.40. The second-order valence-electron chi connectivity index (χ2n) is 4.05. The molecule has 0 aliphatic rings. The van der Waals surface area contributed by atoms with Gasteiger partial charge in [0.2, 0.25) is 0 Å². The zero-order valence-electron chi connectivity index (χ0n) is 9.92. The number of fused-ring (bicyclic) bond motifs is 1. The number of aromatic nitrogens is 3. The average molecular weight is 308 g/mol. The predicted molar refractivity (Wildman–Crippen MR) is 75.4 cm³/mol. The summed E-state index contributed by atoms with van der Waals surface area (Å²) in [5, 5.41) is 14.1. The molecule has 0 fully saturated rings. The van der Waals surface area contributed by atoms with Crippen LogP contribution in [0.25, 0.3) is 17.0 Å². The van der Waals surface area contributed by atoms with Crippen molar-refractivity contribution < 1.29 is 9.90 Å². The van der Waals surface area contributed by atoms with E-state index in [1.807, 2.05) is 0 Å². The van der Waals surface area contributed by atoms with Gasteiger partial charge < -0.3 is 5.11 Å². The molecule has 0 amide bonds. The van der Waals surface area contributed by atoms with Crippen molar-refractivity contribution in [3.63, 3.8) is 0 Å². The van der Waals surface area contributed by atoms with Gasteiger partial charge in [-0.1, -0.05) is 29.3 Å². The third-order valence-corrected chi connectivity index (χ3v) is 3.50. The Morgan fingerprint density at radius 3 is 2.65 bits per heavy atom. The lowest BCUT2D eigenvalue weighted by molar-refractivity contribution is 0.0687. The Balaban J connectivity index is 2.20. The van der Waals surface area contributed by atoms with Gasteiger partial charge in [0.1, 0.15) is 0 Å². The lowest BCUT2D eigenvalue weighted by Crippen LogP contribution is -2.05. The highest BCUT2D eigenvalue weighted by molar-refractivity contribution is 6.42. The number of hydrogen-bond acceptors (Lipinski definition) is 3. The highest BCUT2D eigenvalue weighted by Gasteiger charge is 2.13. The average Bonchev–Trinajstić information content (AvgIpc) is 2.85. The van der Waals surface area contributed by atoms with Gasteiger partial charge in [0.15, 0.2) is 17.2 Å². The van der Waals surface area contributed by atoms with Crippen LogP contribution in [0.4, 0.5) is 0 Å². The Bertz CT molecular complexity index is 830. The maximum absolute atomic E-state index is 11.1. The topological polar surface area (TPSA) is 67.5 Å². The molecule has 0 atom stereocenters. The van der Waals surface area contributed by atoms with Crippen LogP contribution in [-0.2, 0) is 0 Å². The number of nitrogens with zero attached hydrogens (tertiary/aromatic N) is 3. The molecule has 0 aliphatic heterocycles. The van der Waals surface area contributed by atoms with E-state index in [1.54, 1.807) is 30.3 Å². The number of halogens is 2. The fourth-order valence-corrected chi connectivity index (χ4v) is 2.12. The van der Waals surface area contributed by atoms with Gasteiger partial charge in [0, 0.05) is 5.56 Å². The number of pyridine rings is 1. The highest BCUT2D eigenvalue weighted by atomic mass is 35.5. The van der Waals surface area contributed by atoms with Crippen LogP contribution >= 0.6 is 23.2 Å². The largest absolute Gasteiger partial charge is 0.477 e. The summed E-state index contributed by atoms with van der Waals surface area (Å²) >= 11 is 11.8. The molecule has 7 heteroatoms. The van der Waals surface area contributed by atoms with Crippen molar-refractivity contribution in [1.29, 1.82) is 0 Å². The van der Waals surface area contributed by atoms with E-state index >= 15 is 0 Å². The highest BCUT2D eigenvalue weighted by Crippen LogP contribution is 2.27. The first-order valence-corrected chi connectivity index (χ1v) is 6.36. The molecule has 100 valence electrons. The summed E-state index contributed by atoms with van der Waals surface area (Å²) in [5.74, 6) is -0.682. The van der Waals surface area contributed by atoms with E-state index in [0.717, 1.165) is 0 Å². The lowest BCUT2D eigenvalue weighted by Gasteiger charge is -1.98. The summed E-state index contributed by atoms with van der Waals surface area (Å²) in [6.45, 7) is 0. The minimum Gasteiger partial charge on any atom is -0.477 e. The fraction of sp³-hybridized carbons (Fsp3) is 0. The summed E-state index contributed by atoms with van der Waals surface area (Å²) in [6.07, 6.45) is 0. The van der Waals surface area contributed by atoms with Crippen LogP contribution in [0.3, 0.4) is 0 Å². The molecule has 1 N–H and O–H groups in total. The molecule has 3 rings (SSSR count). The second kappa shape index (κ2) is 4.77. The third kappa shape index (κ3) is 2.11. The summed E-state index contributed by atoms with van der Waals surface area (Å²) < 4.78 is 1.28. The van der Waals surface area contributed by atoms with Gasteiger partial charge in [0.05, 0.1) is 10.0 Å². The van der Waals surface area contributed by atoms with Gasteiger partial charge in [-0.05, 0) is 30.3 Å². The Morgan fingerprint density at radius 1 is 1.15 bits per heavy atom. The van der Waals surface area contributed by atoms with Gasteiger partial charge in [-0.15, -0.1) is 5.10 Å². The van der Waals surface area contributed by atoms with E-state index < -0.39 is 5.97 Å². The second-order valence-corrected chi connectivity index (χ2v) is 4.86. The zero-order valence-corrected chi connectivity index (χ0v) is 11.4. The Hall–Kier alpha value is -2.11. The molecule has 0 aliphatic carbocycles. The molecular formula is C13H7Cl2N3O2. The normalized spacial score (nSPS) is 10.9. The van der Waals surface area contributed by atoms with Crippen molar-refractivity contribution >= 4 is 34.8 Å². The van der Waals surface area contributed by atoms with Gasteiger partial charge in [0.25, 0.3) is 0 Å². The Morgan fingerprint density at radius 2 is 1.95 bits per heavy atom. The molecule has 0 radical (unpaired) electrons. The van der Waals surface area contributed by atoms with Crippen molar-refractivity contribution in [2.75, 3.05) is 0 Å². The molecule has 0 bridgehead atoms. The first-order chi connectivity index (χ1) is 9.56. The standard InChI is InChI=1S/C13H7Cl2N3O2/c14-8-5-4-7(6-9(8)15)12-16-11-3-1-2-10(13(19)20)18(11)17-12/h1-6H,(H,19,20). The minimum absolute atomic E-state index is 0.0429. The number of aromatic carboxylic acids is 1. The van der Waals surface area contributed by atoms with Crippen LogP contribution in [0, 0.1) is 0 Å². The number of carboxylic acids is 1. The van der Waals surface area contributed by atoms with Gasteiger partial charge in [-0.2, -0.15) is 0 Å². The number of rotatable bonds is 2. The van der Waals surface area contributed by atoms with E-state index in [4.69, 9.17) is 28.3 Å². The molecular weight excluding hydrogens is 301 g/mol. The smallest absolute Gasteiger partial charge is 0.354 e. The van der Waals surface area contributed by atoms with Crippen LogP contribution in [-0.4, -0.2) is 25.7 Å². The third-order valence-electron chi connectivity index (χ3n) is 2.76. The maximum Gasteiger partial charge on any atom is 0.354 e. The maximum atomic E-state index is 11.1. The molecule has 0 unspecified atom stereocenters. The summed E-state index contributed by atoms with van der Waals surface area (Å²) in [4.78, 5) is 15.4. The summed E-state index contributed by atoms with van der Waals surface area (Å²) in [6, 6.07) is 9.76. The molecule has 2 heterocycles. The van der Waals surface area contributed by atoms with Crippen LogP contribution in [0.2, 0.25) is 10.0 Å². The van der Waals surface area contributed by atoms with E-state index in [0.29, 0.717) is 27.1 Å². The molecule has 0 saturated heterocycles. The quantitative estimate of drug-likeness (QED) is 0.788. The van der Waals surface area contributed by atoms with Crippen LogP contribution in [0.5, 0.6) is 0 Å². The molecule has 1 aromatic carbocycles. The molecule has 20 heavy (non-hydrogen) atoms. The molecule has 0 saturated carbocycles. The Kier molecular flexibility index (Phi) is 3.08. The van der Waals surface area contributed by atoms with E-state index in [1.165, 1.54) is 10.6 Å². The van der Waals surface area contributed by atoms with Crippen molar-refractivity contribution in [3.8, 4) is 11.4 Å². The van der Waals surface area contributed by atoms with Crippen molar-refractivity contribution in [1.82, 2.24) is 14.6 Å². The van der Waals surface area contributed by atoms with E-state index in [2.05, 4.69) is 10.1 Å². The fourth-order valence-electron chi connectivity index (χ4n) is 1.82. The summed E-state index contributed by atoms with van der Waals surface area (Å²) in [7, 11) is 0. The number of hydrogen-bond donors (Lipinski definition) is 1. The Labute approximate surface area is 123 Å². The SMILES string of the molecule is O=C(O)c1cccc2nc(-c3ccc(Cl)c(Cl)c3)nn12. The zero-order chi connectivity index (χ0) is 14.3. The first kappa shape index (κ1) is 12.9. The molecule has 5 nitrogen and oxygen atoms in total. The molecule has 2 aromatic heterocycles. The van der Waals surface area contributed by atoms with Gasteiger partial charge in [-0.3, -0.25) is 0 Å². The summed E-state index contributed by atoms with van der Waals surface area (Å²) in [5.41, 5.74) is 1.16. The van der Waals surface area contributed by atoms with Crippen LogP contribution < -0.4 is 0 Å². The van der Waals surface area contributed by atoms with Gasteiger partial charge >= 0.3 is 5.97 Å². The van der Waals surface area contributed by atoms with Crippen molar-refractivity contribution in [2.24, 2.45) is 0 Å². The van der Waals surface area contributed by atoms with E-state index in [-0.39, 0.29) is 5.69 Å². The van der Waals surface area contributed by atoms with Crippen molar-refractivity contribution in [2.45, 2.75) is 0 Å². The van der Waals surface area contributed by atoms with Crippen molar-refractivity contribution in [3.05, 3.63) is 52.1 Å². The first-order valence-electron chi connectivity index (χ1n) is 5.61. The minimum atomic E-state index is -1.07. The number of carboxylic acid groups (broad SMARTS) is 1. The van der Waals surface area contributed by atoms with E-state index in [9.17, 15) is 4.79 Å².